The van der Waals surface area contributed by atoms with Gasteiger partial charge in [-0.2, -0.15) is 5.10 Å². The summed E-state index contributed by atoms with van der Waals surface area (Å²) in [6.07, 6.45) is 10.8. The van der Waals surface area contributed by atoms with E-state index in [1.54, 1.807) is 12.3 Å². The normalized spacial score (nSPS) is 17.7. The quantitative estimate of drug-likeness (QED) is 0.311. The predicted octanol–water partition coefficient (Wildman–Crippen LogP) is 4.96. The molecular weight excluding hydrogens is 504 g/mol. The number of carbonyl (C=O) groups is 2. The van der Waals surface area contributed by atoms with Crippen LogP contribution in [0.3, 0.4) is 0 Å². The number of H-pyrrole nitrogens is 1. The molecule has 2 fully saturated rings. The maximum Gasteiger partial charge on any atom is 0.246 e. The molecule has 3 heterocycles. The van der Waals surface area contributed by atoms with Gasteiger partial charge in [-0.05, 0) is 56.3 Å². The topological polar surface area (TPSA) is 103 Å². The number of likely N-dealkylation sites (N-methyl/N-ethyl adjacent to an activating group) is 1. The van der Waals surface area contributed by atoms with Gasteiger partial charge in [0.25, 0.3) is 0 Å². The number of rotatable bonds is 12. The van der Waals surface area contributed by atoms with E-state index in [0.29, 0.717) is 54.3 Å². The molecule has 0 spiro atoms. The van der Waals surface area contributed by atoms with Gasteiger partial charge in [0.1, 0.15) is 22.7 Å². The van der Waals surface area contributed by atoms with E-state index >= 15 is 0 Å². The summed E-state index contributed by atoms with van der Waals surface area (Å²) < 4.78 is 6.25. The molecule has 212 valence electrons. The second-order valence-electron chi connectivity index (χ2n) is 11.5. The number of piperidine rings is 1. The van der Waals surface area contributed by atoms with Crippen LogP contribution in [0.2, 0.25) is 0 Å². The smallest absolute Gasteiger partial charge is 0.246 e. The molecule has 2 aromatic heterocycles. The summed E-state index contributed by atoms with van der Waals surface area (Å²) in [5, 5.41) is 11.8. The van der Waals surface area contributed by atoms with Gasteiger partial charge in [-0.25, -0.2) is 4.98 Å². The molecule has 2 aliphatic rings. The Morgan fingerprint density at radius 3 is 2.75 bits per heavy atom. The zero-order valence-corrected chi connectivity index (χ0v) is 23.7. The number of carbonyl (C=O) groups excluding carboxylic acids is 2. The Bertz CT molecular complexity index is 1340. The fraction of sp³-hybridized carbons (Fsp3) is 0.484. The minimum absolute atomic E-state index is 0.0580. The van der Waals surface area contributed by atoms with Crippen molar-refractivity contribution >= 4 is 28.5 Å². The zero-order chi connectivity index (χ0) is 28.1. The van der Waals surface area contributed by atoms with E-state index in [-0.39, 0.29) is 17.7 Å². The Morgan fingerprint density at radius 2 is 2.00 bits per heavy atom. The molecule has 0 unspecified atom stereocenters. The Hall–Kier alpha value is -3.72. The summed E-state index contributed by atoms with van der Waals surface area (Å²) in [7, 11) is 2.11. The van der Waals surface area contributed by atoms with Crippen molar-refractivity contribution < 1.29 is 14.3 Å². The first-order valence-corrected chi connectivity index (χ1v) is 14.4. The van der Waals surface area contributed by atoms with Crippen molar-refractivity contribution in [2.45, 2.75) is 64.5 Å². The summed E-state index contributed by atoms with van der Waals surface area (Å²) in [5.41, 5.74) is 1.60. The summed E-state index contributed by atoms with van der Waals surface area (Å²) >= 11 is 0. The Labute approximate surface area is 236 Å². The van der Waals surface area contributed by atoms with E-state index in [1.807, 2.05) is 41.3 Å². The summed E-state index contributed by atoms with van der Waals surface area (Å²) in [6.45, 7) is 6.29. The van der Waals surface area contributed by atoms with Crippen molar-refractivity contribution in [3.63, 3.8) is 0 Å². The number of anilines is 1. The van der Waals surface area contributed by atoms with Crippen molar-refractivity contribution in [2.75, 3.05) is 32.0 Å². The molecule has 1 aliphatic heterocycles. The number of benzene rings is 1. The lowest BCUT2D eigenvalue weighted by molar-refractivity contribution is -0.127. The average Bonchev–Trinajstić information content (AvgIpc) is 3.71. The van der Waals surface area contributed by atoms with Gasteiger partial charge in [0.2, 0.25) is 5.91 Å². The lowest BCUT2D eigenvalue weighted by Crippen LogP contribution is -2.44. The van der Waals surface area contributed by atoms with Crippen LogP contribution in [0, 0.1) is 5.92 Å². The molecule has 3 aromatic rings. The number of nitrogens with zero attached hydrogens (tertiary/aromatic N) is 4. The maximum absolute atomic E-state index is 12.8. The summed E-state index contributed by atoms with van der Waals surface area (Å²) in [6, 6.07) is 10.2. The van der Waals surface area contributed by atoms with Crippen molar-refractivity contribution in [2.24, 2.45) is 5.92 Å². The van der Waals surface area contributed by atoms with Crippen LogP contribution < -0.4 is 10.1 Å². The largest absolute Gasteiger partial charge is 0.456 e. The molecule has 9 nitrogen and oxygen atoms in total. The molecule has 1 saturated heterocycles. The fourth-order valence-electron chi connectivity index (χ4n) is 5.25. The fourth-order valence-corrected chi connectivity index (χ4v) is 5.25. The van der Waals surface area contributed by atoms with E-state index < -0.39 is 0 Å². The first-order valence-electron chi connectivity index (χ1n) is 14.4. The van der Waals surface area contributed by atoms with Crippen LogP contribution in [-0.2, 0) is 16.0 Å². The van der Waals surface area contributed by atoms with Gasteiger partial charge >= 0.3 is 0 Å². The van der Waals surface area contributed by atoms with Gasteiger partial charge in [-0.15, -0.1) is 0 Å². The molecule has 40 heavy (non-hydrogen) atoms. The number of Topliss-reactive ketones (excluding diaryl/α,β-unsaturated/α-hetero) is 1. The van der Waals surface area contributed by atoms with Crippen LogP contribution >= 0.6 is 0 Å². The second kappa shape index (κ2) is 12.6. The lowest BCUT2D eigenvalue weighted by atomic mass is 10.0. The third-order valence-corrected chi connectivity index (χ3v) is 7.51. The molecular formula is C31H40N6O3. The molecule has 0 bridgehead atoms. The van der Waals surface area contributed by atoms with E-state index in [0.717, 1.165) is 36.9 Å². The second-order valence-corrected chi connectivity index (χ2v) is 11.5. The van der Waals surface area contributed by atoms with Crippen LogP contribution in [0.1, 0.15) is 51.5 Å². The third kappa shape index (κ3) is 7.27. The third-order valence-electron chi connectivity index (χ3n) is 7.51. The SMILES string of the molecule is CC(C)CC(=O)Cc1ccc(Oc2ccnc3[nH]nc(N[C@@H]4CCCN(C(=O)/C=C/CN(C)C5CC5)C4)c23)cc1. The molecule has 9 heteroatoms. The zero-order valence-electron chi connectivity index (χ0n) is 23.7. The Morgan fingerprint density at radius 1 is 1.20 bits per heavy atom. The number of pyridine rings is 1. The van der Waals surface area contributed by atoms with Crippen molar-refractivity contribution in [3.05, 3.63) is 54.2 Å². The summed E-state index contributed by atoms with van der Waals surface area (Å²) in [5.74, 6) is 2.64. The average molecular weight is 545 g/mol. The van der Waals surface area contributed by atoms with E-state index in [2.05, 4.69) is 46.3 Å². The van der Waals surface area contributed by atoms with Gasteiger partial charge in [0.05, 0.1) is 0 Å². The number of likely N-dealkylation sites (tertiary alicyclic amines) is 1. The predicted molar refractivity (Wildman–Crippen MR) is 157 cm³/mol. The standard InChI is InChI=1S/C31H40N6O3/c1-21(2)18-25(38)19-22-8-12-26(13-9-22)40-27-14-15-32-30-29(27)31(35-34-30)33-23-6-4-17-37(20-23)28(39)7-5-16-36(3)24-10-11-24/h5,7-9,12-15,21,23-24H,4,6,10-11,16-20H2,1-3H3,(H2,32,33,34,35)/b7-5+/t23-/m1/s1. The first kappa shape index (κ1) is 27.8. The van der Waals surface area contributed by atoms with E-state index in [9.17, 15) is 9.59 Å². The highest BCUT2D eigenvalue weighted by Crippen LogP contribution is 2.33. The number of hydrogen-bond acceptors (Lipinski definition) is 7. The van der Waals surface area contributed by atoms with E-state index in [1.165, 1.54) is 12.8 Å². The summed E-state index contributed by atoms with van der Waals surface area (Å²) in [4.78, 5) is 33.6. The van der Waals surface area contributed by atoms with Crippen LogP contribution in [0.4, 0.5) is 5.82 Å². The number of hydrogen-bond donors (Lipinski definition) is 2. The number of aromatic nitrogens is 3. The monoisotopic (exact) mass is 544 g/mol. The van der Waals surface area contributed by atoms with Gasteiger partial charge < -0.3 is 15.0 Å². The van der Waals surface area contributed by atoms with Crippen LogP contribution in [0.5, 0.6) is 11.5 Å². The Balaban J connectivity index is 1.22. The number of ketones is 1. The highest BCUT2D eigenvalue weighted by atomic mass is 16.5. The molecule has 1 aromatic carbocycles. The van der Waals surface area contributed by atoms with E-state index in [4.69, 9.17) is 4.74 Å². The van der Waals surface area contributed by atoms with Crippen molar-refractivity contribution in [3.8, 4) is 11.5 Å². The van der Waals surface area contributed by atoms with Crippen LogP contribution in [0.15, 0.2) is 48.7 Å². The molecule has 0 radical (unpaired) electrons. The number of nitrogens with one attached hydrogen (secondary N) is 2. The van der Waals surface area contributed by atoms with Gasteiger partial charge in [-0.1, -0.05) is 32.1 Å². The molecule has 1 atom stereocenters. The number of amides is 1. The lowest BCUT2D eigenvalue weighted by Gasteiger charge is -2.32. The molecule has 5 rings (SSSR count). The molecule has 1 amide bonds. The minimum Gasteiger partial charge on any atom is -0.456 e. The van der Waals surface area contributed by atoms with Gasteiger partial charge in [0.15, 0.2) is 11.5 Å². The molecule has 2 N–H and O–H groups in total. The number of ether oxygens (including phenoxy) is 1. The van der Waals surface area contributed by atoms with Crippen LogP contribution in [-0.4, -0.2) is 75.4 Å². The number of fused-ring (bicyclic) bond motifs is 1. The molecule has 1 saturated carbocycles. The Kier molecular flexibility index (Phi) is 8.79. The molecule has 1 aliphatic carbocycles. The van der Waals surface area contributed by atoms with Gasteiger partial charge in [-0.3, -0.25) is 19.6 Å². The maximum atomic E-state index is 12.8. The van der Waals surface area contributed by atoms with Crippen LogP contribution in [0.25, 0.3) is 11.0 Å². The van der Waals surface area contributed by atoms with Gasteiger partial charge in [0, 0.05) is 62.9 Å². The van der Waals surface area contributed by atoms with Crippen molar-refractivity contribution in [1.29, 1.82) is 0 Å². The highest BCUT2D eigenvalue weighted by molar-refractivity contribution is 5.93. The van der Waals surface area contributed by atoms with Crippen molar-refractivity contribution in [1.82, 2.24) is 25.0 Å². The highest BCUT2D eigenvalue weighted by Gasteiger charge is 2.26. The first-order chi connectivity index (χ1) is 19.4. The minimum atomic E-state index is 0.0580. The number of aromatic amines is 1.